The van der Waals surface area contributed by atoms with Crippen LogP contribution in [0.5, 0.6) is 0 Å². The largest absolute Gasteiger partial charge is 0.384 e. The topological polar surface area (TPSA) is 52.6 Å². The van der Waals surface area contributed by atoms with Gasteiger partial charge < -0.3 is 15.3 Å². The van der Waals surface area contributed by atoms with E-state index in [1.165, 1.54) is 11.3 Å². The number of anilines is 1. The second-order valence-electron chi connectivity index (χ2n) is 4.43. The molecule has 0 aliphatic carbocycles. The van der Waals surface area contributed by atoms with Crippen LogP contribution in [-0.4, -0.2) is 29.7 Å². The first-order valence-electron chi connectivity index (χ1n) is 6.43. The molecule has 2 N–H and O–H groups in total. The van der Waals surface area contributed by atoms with Crippen LogP contribution in [0.2, 0.25) is 0 Å². The minimum absolute atomic E-state index is 0.146. The summed E-state index contributed by atoms with van der Waals surface area (Å²) in [5.74, 6) is 5.47. The summed E-state index contributed by atoms with van der Waals surface area (Å²) >= 11 is 1.50. The molecule has 0 aliphatic heterocycles. The van der Waals surface area contributed by atoms with Gasteiger partial charge in [-0.05, 0) is 29.1 Å². The van der Waals surface area contributed by atoms with E-state index in [0.717, 1.165) is 16.1 Å². The molecule has 21 heavy (non-hydrogen) atoms. The zero-order valence-electron chi connectivity index (χ0n) is 11.7. The predicted octanol–water partition coefficient (Wildman–Crippen LogP) is 2.76. The average molecular weight is 300 g/mol. The van der Waals surface area contributed by atoms with Crippen LogP contribution in [0.1, 0.15) is 10.4 Å². The fourth-order valence-corrected chi connectivity index (χ4v) is 2.51. The monoisotopic (exact) mass is 300 g/mol. The molecule has 0 saturated heterocycles. The van der Waals surface area contributed by atoms with Crippen LogP contribution in [0.3, 0.4) is 0 Å². The number of aliphatic hydroxyl groups excluding tert-OH is 1. The Morgan fingerprint density at radius 1 is 1.38 bits per heavy atom. The fraction of sp³-hybridized carbons (Fsp3) is 0.188. The Hall–Kier alpha value is -2.29. The minimum Gasteiger partial charge on any atom is -0.384 e. The molecular formula is C16H16N2O2S. The van der Waals surface area contributed by atoms with Gasteiger partial charge in [0.1, 0.15) is 6.61 Å². The molecule has 1 aromatic carbocycles. The number of amides is 2. The number of hydrogen-bond acceptors (Lipinski definition) is 3. The van der Waals surface area contributed by atoms with Gasteiger partial charge in [-0.3, -0.25) is 0 Å². The van der Waals surface area contributed by atoms with E-state index in [1.54, 1.807) is 11.9 Å². The third kappa shape index (κ3) is 4.63. The van der Waals surface area contributed by atoms with Crippen molar-refractivity contribution in [1.29, 1.82) is 0 Å². The van der Waals surface area contributed by atoms with Crippen molar-refractivity contribution in [2.45, 2.75) is 6.54 Å². The maximum absolute atomic E-state index is 12.1. The highest BCUT2D eigenvalue weighted by Crippen LogP contribution is 2.15. The number of aliphatic hydroxyl groups is 1. The Balaban J connectivity index is 1.93. The number of hydrogen-bond donors (Lipinski definition) is 2. The summed E-state index contributed by atoms with van der Waals surface area (Å²) in [4.78, 5) is 14.5. The molecule has 0 unspecified atom stereocenters. The second kappa shape index (κ2) is 7.48. The Morgan fingerprint density at radius 2 is 2.14 bits per heavy atom. The number of para-hydroxylation sites is 1. The van der Waals surface area contributed by atoms with Crippen LogP contribution < -0.4 is 5.32 Å². The van der Waals surface area contributed by atoms with Crippen molar-refractivity contribution in [3.63, 3.8) is 0 Å². The Labute approximate surface area is 128 Å². The number of nitrogens with zero attached hydrogens (tertiary/aromatic N) is 1. The third-order valence-corrected chi connectivity index (χ3v) is 3.63. The van der Waals surface area contributed by atoms with Crippen LogP contribution in [0.25, 0.3) is 0 Å². The Kier molecular flexibility index (Phi) is 5.38. The van der Waals surface area contributed by atoms with Crippen LogP contribution in [0.15, 0.2) is 41.8 Å². The summed E-state index contributed by atoms with van der Waals surface area (Å²) in [5.41, 5.74) is 1.79. The first-order chi connectivity index (χ1) is 10.2. The molecule has 0 aliphatic rings. The highest BCUT2D eigenvalue weighted by atomic mass is 32.1. The molecule has 0 atom stereocenters. The molecule has 2 aromatic rings. The molecule has 0 radical (unpaired) electrons. The van der Waals surface area contributed by atoms with Crippen LogP contribution in [-0.2, 0) is 6.54 Å². The van der Waals surface area contributed by atoms with E-state index >= 15 is 0 Å². The van der Waals surface area contributed by atoms with Gasteiger partial charge in [-0.25, -0.2) is 4.79 Å². The normalized spacial score (nSPS) is 9.62. The van der Waals surface area contributed by atoms with Gasteiger partial charge >= 0.3 is 6.03 Å². The fourth-order valence-electron chi connectivity index (χ4n) is 1.74. The second-order valence-corrected chi connectivity index (χ2v) is 5.34. The molecule has 2 rings (SSSR count). The van der Waals surface area contributed by atoms with Gasteiger partial charge in [0, 0.05) is 19.3 Å². The van der Waals surface area contributed by atoms with Gasteiger partial charge in [0.25, 0.3) is 0 Å². The molecule has 1 aromatic heterocycles. The molecule has 0 saturated carbocycles. The lowest BCUT2D eigenvalue weighted by Crippen LogP contribution is -2.30. The summed E-state index contributed by atoms with van der Waals surface area (Å²) in [6.45, 7) is 0.364. The molecule has 2 amide bonds. The quantitative estimate of drug-likeness (QED) is 0.856. The summed E-state index contributed by atoms with van der Waals surface area (Å²) in [5, 5.41) is 13.5. The van der Waals surface area contributed by atoms with Crippen LogP contribution in [0.4, 0.5) is 10.5 Å². The lowest BCUT2D eigenvalue weighted by molar-refractivity contribution is 0.221. The summed E-state index contributed by atoms with van der Waals surface area (Å²) in [7, 11) is 1.75. The number of urea groups is 1. The molecule has 1 heterocycles. The number of rotatable bonds is 3. The lowest BCUT2D eigenvalue weighted by Gasteiger charge is -2.17. The summed E-state index contributed by atoms with van der Waals surface area (Å²) in [6.07, 6.45) is 0. The standard InChI is InChI=1S/C16H16N2O2S/c1-18(16(20)17-14-6-3-2-4-7-14)11-13-10-15(21-12-13)8-5-9-19/h2-4,6-7,10,12,19H,9,11H2,1H3,(H,17,20). The van der Waals surface area contributed by atoms with Crippen molar-refractivity contribution in [1.82, 2.24) is 4.90 Å². The van der Waals surface area contributed by atoms with Gasteiger partial charge in [-0.2, -0.15) is 0 Å². The van der Waals surface area contributed by atoms with E-state index in [2.05, 4.69) is 17.2 Å². The van der Waals surface area contributed by atoms with Crippen molar-refractivity contribution in [3.05, 3.63) is 52.2 Å². The molecule has 0 fully saturated rings. The van der Waals surface area contributed by atoms with Crippen molar-refractivity contribution < 1.29 is 9.90 Å². The van der Waals surface area contributed by atoms with Crippen LogP contribution in [0, 0.1) is 11.8 Å². The number of thiophene rings is 1. The zero-order valence-corrected chi connectivity index (χ0v) is 12.5. The molecule has 4 nitrogen and oxygen atoms in total. The maximum Gasteiger partial charge on any atom is 0.321 e. The van der Waals surface area contributed by atoms with Gasteiger partial charge in [0.05, 0.1) is 4.88 Å². The van der Waals surface area contributed by atoms with E-state index in [1.807, 2.05) is 41.8 Å². The SMILES string of the molecule is CN(Cc1csc(C#CCO)c1)C(=O)Nc1ccccc1. The van der Waals surface area contributed by atoms with Crippen LogP contribution >= 0.6 is 11.3 Å². The van der Waals surface area contributed by atoms with Crippen molar-refractivity contribution in [2.75, 3.05) is 19.0 Å². The molecule has 0 bridgehead atoms. The van der Waals surface area contributed by atoms with Gasteiger partial charge in [0.15, 0.2) is 0 Å². The zero-order chi connectivity index (χ0) is 15.1. The maximum atomic E-state index is 12.1. The summed E-state index contributed by atoms with van der Waals surface area (Å²) in [6, 6.07) is 11.1. The van der Waals surface area contributed by atoms with Crippen molar-refractivity contribution in [2.24, 2.45) is 0 Å². The Bertz CT molecular complexity index is 656. The van der Waals surface area contributed by atoms with Gasteiger partial charge in [-0.1, -0.05) is 30.0 Å². The smallest absolute Gasteiger partial charge is 0.321 e. The number of nitrogens with one attached hydrogen (secondary N) is 1. The van der Waals surface area contributed by atoms with Gasteiger partial charge in [-0.15, -0.1) is 11.3 Å². The average Bonchev–Trinajstić information content (AvgIpc) is 2.93. The predicted molar refractivity (Wildman–Crippen MR) is 85.2 cm³/mol. The van der Waals surface area contributed by atoms with Gasteiger partial charge in [0.2, 0.25) is 0 Å². The molecule has 5 heteroatoms. The first kappa shape index (κ1) is 15.1. The molecular weight excluding hydrogens is 284 g/mol. The minimum atomic E-state index is -0.157. The number of carbonyl (C=O) groups excluding carboxylic acids is 1. The summed E-state index contributed by atoms with van der Waals surface area (Å²) < 4.78 is 0. The van der Waals surface area contributed by atoms with E-state index in [4.69, 9.17) is 5.11 Å². The molecule has 108 valence electrons. The van der Waals surface area contributed by atoms with E-state index in [-0.39, 0.29) is 12.6 Å². The highest BCUT2D eigenvalue weighted by Gasteiger charge is 2.10. The van der Waals surface area contributed by atoms with E-state index < -0.39 is 0 Å². The third-order valence-electron chi connectivity index (χ3n) is 2.74. The Morgan fingerprint density at radius 3 is 2.86 bits per heavy atom. The van der Waals surface area contributed by atoms with Crippen molar-refractivity contribution >= 4 is 23.1 Å². The lowest BCUT2D eigenvalue weighted by atomic mass is 10.3. The number of benzene rings is 1. The van der Waals surface area contributed by atoms with E-state index in [9.17, 15) is 4.79 Å². The highest BCUT2D eigenvalue weighted by molar-refractivity contribution is 7.10. The van der Waals surface area contributed by atoms with E-state index in [0.29, 0.717) is 6.54 Å². The first-order valence-corrected chi connectivity index (χ1v) is 7.31. The number of carbonyl (C=O) groups is 1. The molecule has 0 spiro atoms. The van der Waals surface area contributed by atoms with Crippen molar-refractivity contribution in [3.8, 4) is 11.8 Å².